The molecule has 6 rings (SSSR count). The van der Waals surface area contributed by atoms with E-state index in [1.165, 1.54) is 19.2 Å². The second kappa shape index (κ2) is 8.17. The molecule has 2 fully saturated rings. The van der Waals surface area contributed by atoms with Crippen LogP contribution in [0.1, 0.15) is 18.9 Å². The average molecular weight is 502 g/mol. The molecule has 0 atom stereocenters. The van der Waals surface area contributed by atoms with Gasteiger partial charge < -0.3 is 24.6 Å². The molecule has 182 valence electrons. The molecule has 0 bridgehead atoms. The van der Waals surface area contributed by atoms with Gasteiger partial charge in [0.25, 0.3) is 0 Å². The number of thiophene rings is 1. The normalized spacial score (nSPS) is 16.4. The number of halogens is 3. The van der Waals surface area contributed by atoms with Gasteiger partial charge in [0, 0.05) is 32.2 Å². The number of fused-ring (bicyclic) bond motifs is 2. The lowest BCUT2D eigenvalue weighted by Gasteiger charge is -2.31. The van der Waals surface area contributed by atoms with Gasteiger partial charge in [-0.1, -0.05) is 6.07 Å². The number of ether oxygens (including phenoxy) is 1. The smallest absolute Gasteiger partial charge is 0.202 e. The number of hydrogen-bond acceptors (Lipinski definition) is 6. The number of nitrogens with one attached hydrogen (secondary N) is 1. The molecule has 2 aromatic heterocycles. The molecule has 1 aliphatic heterocycles. The van der Waals surface area contributed by atoms with Crippen molar-refractivity contribution >= 4 is 38.1 Å². The van der Waals surface area contributed by atoms with E-state index < -0.39 is 22.9 Å². The Balaban J connectivity index is 1.71. The van der Waals surface area contributed by atoms with E-state index in [2.05, 4.69) is 5.32 Å². The van der Waals surface area contributed by atoms with Gasteiger partial charge in [-0.2, -0.15) is 0 Å². The quantitative estimate of drug-likeness (QED) is 0.422. The molecule has 2 N–H and O–H groups in total. The van der Waals surface area contributed by atoms with Crippen LogP contribution in [0.5, 0.6) is 11.5 Å². The summed E-state index contributed by atoms with van der Waals surface area (Å²) < 4.78 is 50.7. The van der Waals surface area contributed by atoms with Crippen molar-refractivity contribution < 1.29 is 23.0 Å². The third-order valence-electron chi connectivity index (χ3n) is 6.71. The predicted molar refractivity (Wildman–Crippen MR) is 130 cm³/mol. The Morgan fingerprint density at radius 2 is 1.83 bits per heavy atom. The number of aromatic nitrogens is 1. The number of anilines is 1. The Bertz CT molecular complexity index is 1560. The van der Waals surface area contributed by atoms with E-state index in [-0.39, 0.29) is 38.8 Å². The average Bonchev–Trinajstić information content (AvgIpc) is 3.63. The third kappa shape index (κ3) is 3.38. The minimum absolute atomic E-state index is 0.0468. The van der Waals surface area contributed by atoms with Gasteiger partial charge in [0.05, 0.1) is 28.3 Å². The van der Waals surface area contributed by atoms with Crippen LogP contribution in [0, 0.1) is 17.5 Å². The van der Waals surface area contributed by atoms with Crippen LogP contribution < -0.4 is 20.4 Å². The van der Waals surface area contributed by atoms with Gasteiger partial charge >= 0.3 is 0 Å². The second-order valence-corrected chi connectivity index (χ2v) is 9.89. The van der Waals surface area contributed by atoms with Gasteiger partial charge in [0.1, 0.15) is 16.3 Å². The van der Waals surface area contributed by atoms with Crippen LogP contribution in [0.3, 0.4) is 0 Å². The van der Waals surface area contributed by atoms with Crippen LogP contribution in [0.15, 0.2) is 29.1 Å². The summed E-state index contributed by atoms with van der Waals surface area (Å²) in [5.41, 5.74) is 0.531. The first-order chi connectivity index (χ1) is 16.9. The molecule has 1 saturated carbocycles. The molecule has 6 nitrogen and oxygen atoms in total. The zero-order valence-corrected chi connectivity index (χ0v) is 19.6. The van der Waals surface area contributed by atoms with Crippen molar-refractivity contribution in [1.82, 2.24) is 9.88 Å². The monoisotopic (exact) mass is 501 g/mol. The molecule has 0 spiro atoms. The van der Waals surface area contributed by atoms with Crippen molar-refractivity contribution in [1.29, 1.82) is 0 Å². The lowest BCUT2D eigenvalue weighted by Crippen LogP contribution is -2.44. The van der Waals surface area contributed by atoms with Gasteiger partial charge in [0.15, 0.2) is 23.2 Å². The molecule has 0 amide bonds. The number of piperazine rings is 1. The first-order valence-electron chi connectivity index (χ1n) is 11.4. The summed E-state index contributed by atoms with van der Waals surface area (Å²) in [4.78, 5) is 16.3. The zero-order chi connectivity index (χ0) is 24.4. The van der Waals surface area contributed by atoms with E-state index in [4.69, 9.17) is 4.74 Å². The Kier molecular flexibility index (Phi) is 5.19. The summed E-state index contributed by atoms with van der Waals surface area (Å²) in [6, 6.07) is 4.61. The van der Waals surface area contributed by atoms with Gasteiger partial charge in [-0.15, -0.1) is 11.3 Å². The number of methoxy groups -OCH3 is 1. The predicted octanol–water partition coefficient (Wildman–Crippen LogP) is 4.76. The Hall–Kier alpha value is -3.24. The molecule has 10 heteroatoms. The number of pyridine rings is 1. The number of aromatic hydroxyl groups is 1. The standard InChI is InChI=1S/C25H22F3N3O3S/c1-34-23-19-14(11-17(28)20(23)30-8-6-29-7-9-30)21(32)18-22(33)24(12-2-5-15(26)16(27)10-12)35-25(18)31(19)13-3-4-13/h2,5,10-11,13,29,33H,3-4,6-9H2,1H3. The summed E-state index contributed by atoms with van der Waals surface area (Å²) in [5, 5.41) is 14.5. The zero-order valence-electron chi connectivity index (χ0n) is 18.8. The highest BCUT2D eigenvalue weighted by atomic mass is 32.1. The summed E-state index contributed by atoms with van der Waals surface area (Å²) in [7, 11) is 1.46. The van der Waals surface area contributed by atoms with Crippen molar-refractivity contribution in [2.45, 2.75) is 18.9 Å². The molecule has 0 radical (unpaired) electrons. The highest BCUT2D eigenvalue weighted by molar-refractivity contribution is 7.22. The Labute approximate surface area is 202 Å². The van der Waals surface area contributed by atoms with Crippen LogP contribution in [-0.4, -0.2) is 43.0 Å². The molecule has 0 unspecified atom stereocenters. The largest absolute Gasteiger partial charge is 0.506 e. The second-order valence-electron chi connectivity index (χ2n) is 8.89. The van der Waals surface area contributed by atoms with Crippen molar-refractivity contribution in [3.8, 4) is 21.9 Å². The minimum atomic E-state index is -1.05. The van der Waals surface area contributed by atoms with Gasteiger partial charge in [-0.25, -0.2) is 13.2 Å². The summed E-state index contributed by atoms with van der Waals surface area (Å²) in [6.07, 6.45) is 1.71. The molecule has 2 aliphatic rings. The third-order valence-corrected chi connectivity index (χ3v) is 7.94. The van der Waals surface area contributed by atoms with Crippen molar-refractivity contribution in [2.24, 2.45) is 0 Å². The maximum absolute atomic E-state index is 15.5. The molecule has 4 aromatic rings. The lowest BCUT2D eigenvalue weighted by atomic mass is 10.1. The summed E-state index contributed by atoms with van der Waals surface area (Å²) in [5.74, 6) is -2.65. The number of benzene rings is 2. The molecule has 1 saturated heterocycles. The van der Waals surface area contributed by atoms with E-state index in [0.29, 0.717) is 42.2 Å². The van der Waals surface area contributed by atoms with Crippen molar-refractivity contribution in [3.63, 3.8) is 0 Å². The van der Waals surface area contributed by atoms with E-state index >= 15 is 4.39 Å². The van der Waals surface area contributed by atoms with Crippen LogP contribution in [-0.2, 0) is 0 Å². The number of nitrogens with zero attached hydrogens (tertiary/aromatic N) is 2. The molecule has 1 aliphatic carbocycles. The fourth-order valence-electron chi connectivity index (χ4n) is 4.93. The minimum Gasteiger partial charge on any atom is -0.506 e. The summed E-state index contributed by atoms with van der Waals surface area (Å²) in [6.45, 7) is 2.58. The van der Waals surface area contributed by atoms with Crippen LogP contribution in [0.25, 0.3) is 31.6 Å². The number of rotatable bonds is 4. The van der Waals surface area contributed by atoms with E-state index in [9.17, 15) is 18.7 Å². The number of hydrogen-bond donors (Lipinski definition) is 2. The fourth-order valence-corrected chi connectivity index (χ4v) is 6.20. The van der Waals surface area contributed by atoms with E-state index in [0.717, 1.165) is 36.3 Å². The van der Waals surface area contributed by atoms with Gasteiger partial charge in [-0.3, -0.25) is 4.79 Å². The lowest BCUT2D eigenvalue weighted by molar-refractivity contribution is 0.411. The van der Waals surface area contributed by atoms with E-state index in [1.807, 2.05) is 9.47 Å². The highest BCUT2D eigenvalue weighted by Crippen LogP contribution is 2.50. The topological polar surface area (TPSA) is 66.7 Å². The highest BCUT2D eigenvalue weighted by Gasteiger charge is 2.34. The Morgan fingerprint density at radius 1 is 1.09 bits per heavy atom. The van der Waals surface area contributed by atoms with Crippen molar-refractivity contribution in [3.05, 3.63) is 51.9 Å². The molecular weight excluding hydrogens is 479 g/mol. The fraction of sp³-hybridized carbons (Fsp3) is 0.320. The summed E-state index contributed by atoms with van der Waals surface area (Å²) >= 11 is 1.13. The first kappa shape index (κ1) is 22.2. The van der Waals surface area contributed by atoms with Crippen molar-refractivity contribution in [2.75, 3.05) is 38.2 Å². The maximum atomic E-state index is 15.5. The molecular formula is C25H22F3N3O3S. The van der Waals surface area contributed by atoms with Crippen LogP contribution >= 0.6 is 11.3 Å². The first-order valence-corrected chi connectivity index (χ1v) is 12.2. The van der Waals surface area contributed by atoms with Gasteiger partial charge in [-0.05, 0) is 36.6 Å². The molecule has 2 aromatic carbocycles. The maximum Gasteiger partial charge on any atom is 0.202 e. The molecule has 3 heterocycles. The SMILES string of the molecule is COc1c(N2CCNCC2)c(F)cc2c(=O)c3c(O)c(-c4ccc(F)c(F)c4)sc3n(C3CC3)c12. The van der Waals surface area contributed by atoms with Crippen LogP contribution in [0.4, 0.5) is 18.9 Å². The Morgan fingerprint density at radius 3 is 2.49 bits per heavy atom. The van der Waals surface area contributed by atoms with E-state index in [1.54, 1.807) is 0 Å². The molecule has 35 heavy (non-hydrogen) atoms. The van der Waals surface area contributed by atoms with Crippen LogP contribution in [0.2, 0.25) is 0 Å². The van der Waals surface area contributed by atoms with Gasteiger partial charge in [0.2, 0.25) is 5.43 Å².